The predicted octanol–water partition coefficient (Wildman–Crippen LogP) is 1.71. The summed E-state index contributed by atoms with van der Waals surface area (Å²) >= 11 is 0. The molecule has 1 atom stereocenters. The fourth-order valence-electron chi connectivity index (χ4n) is 3.81. The molecule has 8 nitrogen and oxygen atoms in total. The van der Waals surface area contributed by atoms with E-state index in [1.54, 1.807) is 19.1 Å². The van der Waals surface area contributed by atoms with Crippen molar-refractivity contribution >= 4 is 15.9 Å². The van der Waals surface area contributed by atoms with Crippen LogP contribution in [0.2, 0.25) is 0 Å². The summed E-state index contributed by atoms with van der Waals surface area (Å²) in [4.78, 5) is 17.5. The van der Waals surface area contributed by atoms with Crippen LogP contribution in [0.1, 0.15) is 23.4 Å². The van der Waals surface area contributed by atoms with Gasteiger partial charge in [0.25, 0.3) is 0 Å². The van der Waals surface area contributed by atoms with Crippen molar-refractivity contribution in [1.29, 1.82) is 0 Å². The summed E-state index contributed by atoms with van der Waals surface area (Å²) < 4.78 is 69.2. The van der Waals surface area contributed by atoms with Gasteiger partial charge in [0.05, 0.1) is 11.3 Å². The number of sulfonamides is 1. The molecule has 3 rings (SSSR count). The van der Waals surface area contributed by atoms with E-state index < -0.39 is 40.0 Å². The van der Waals surface area contributed by atoms with Gasteiger partial charge in [-0.25, -0.2) is 13.4 Å². The maximum atomic E-state index is 13.7. The summed E-state index contributed by atoms with van der Waals surface area (Å²) in [7, 11) is -2.51. The first-order chi connectivity index (χ1) is 14.8. The van der Waals surface area contributed by atoms with Crippen molar-refractivity contribution in [2.45, 2.75) is 36.9 Å². The number of aryl methyl sites for hydroxylation is 3. The molecule has 2 heterocycles. The number of aromatic nitrogens is 2. The van der Waals surface area contributed by atoms with Gasteiger partial charge in [0.1, 0.15) is 0 Å². The van der Waals surface area contributed by atoms with Crippen LogP contribution in [0.4, 0.5) is 13.2 Å². The number of hydrogen-bond donors (Lipinski definition) is 1. The van der Waals surface area contributed by atoms with E-state index in [0.717, 1.165) is 21.2 Å². The average molecular weight is 475 g/mol. The van der Waals surface area contributed by atoms with E-state index in [1.165, 1.54) is 23.6 Å². The lowest BCUT2D eigenvalue weighted by Crippen LogP contribution is -2.53. The number of carbonyl (C=O) groups excluding carboxylic acids is 1. The topological polar surface area (TPSA) is 95.7 Å². The monoisotopic (exact) mass is 474 g/mol. The summed E-state index contributed by atoms with van der Waals surface area (Å²) in [5.74, 6) is -1.62. The van der Waals surface area contributed by atoms with Crippen molar-refractivity contribution in [3.8, 4) is 0 Å². The van der Waals surface area contributed by atoms with E-state index in [4.69, 9.17) is 0 Å². The largest absolute Gasteiger partial charge is 0.425 e. The van der Waals surface area contributed by atoms with E-state index in [0.29, 0.717) is 5.56 Å². The lowest BCUT2D eigenvalue weighted by molar-refractivity contribution is -0.272. The van der Waals surface area contributed by atoms with Gasteiger partial charge in [0, 0.05) is 45.6 Å². The van der Waals surface area contributed by atoms with E-state index in [2.05, 4.69) is 4.98 Å². The minimum atomic E-state index is -5.13. The average Bonchev–Trinajstić information content (AvgIpc) is 3.13. The second kappa shape index (κ2) is 8.49. The molecular weight excluding hydrogens is 449 g/mol. The number of imidazole rings is 1. The van der Waals surface area contributed by atoms with Crippen LogP contribution in [0.5, 0.6) is 0 Å². The minimum absolute atomic E-state index is 0.0613. The number of benzene rings is 1. The number of nitrogens with zero attached hydrogens (tertiary/aromatic N) is 4. The highest BCUT2D eigenvalue weighted by Gasteiger charge is 2.59. The summed E-state index contributed by atoms with van der Waals surface area (Å²) in [5.41, 5.74) is -1.94. The fraction of sp³-hybridized carbons (Fsp3) is 0.500. The van der Waals surface area contributed by atoms with Crippen molar-refractivity contribution in [2.24, 2.45) is 7.05 Å². The smallest absolute Gasteiger partial charge is 0.374 e. The number of rotatable bonds is 5. The van der Waals surface area contributed by atoms with Crippen molar-refractivity contribution < 1.29 is 31.5 Å². The molecule has 0 spiro atoms. The van der Waals surface area contributed by atoms with Gasteiger partial charge in [0.2, 0.25) is 21.5 Å². The Bertz CT molecular complexity index is 1110. The Morgan fingerprint density at radius 1 is 1.16 bits per heavy atom. The Hall–Kier alpha value is -2.44. The number of piperazine rings is 1. The number of hydrogen-bond acceptors (Lipinski definition) is 5. The normalized spacial score (nSPS) is 17.9. The van der Waals surface area contributed by atoms with Crippen molar-refractivity contribution in [2.75, 3.05) is 26.2 Å². The maximum Gasteiger partial charge on any atom is 0.425 e. The molecule has 0 radical (unpaired) electrons. The zero-order chi connectivity index (χ0) is 23.9. The van der Waals surface area contributed by atoms with Crippen LogP contribution >= 0.6 is 0 Å². The van der Waals surface area contributed by atoms with Gasteiger partial charge < -0.3 is 14.6 Å². The van der Waals surface area contributed by atoms with Crippen LogP contribution in [-0.2, 0) is 27.5 Å². The molecule has 176 valence electrons. The second-order valence-electron chi connectivity index (χ2n) is 7.95. The third-order valence-corrected chi connectivity index (χ3v) is 7.67. The predicted molar refractivity (Wildman–Crippen MR) is 109 cm³/mol. The van der Waals surface area contributed by atoms with Crippen molar-refractivity contribution in [1.82, 2.24) is 18.8 Å². The highest BCUT2D eigenvalue weighted by atomic mass is 32.2. The van der Waals surface area contributed by atoms with Crippen molar-refractivity contribution in [3.63, 3.8) is 0 Å². The Morgan fingerprint density at radius 2 is 1.78 bits per heavy atom. The molecule has 1 unspecified atom stereocenters. The number of alkyl halides is 3. The van der Waals surface area contributed by atoms with E-state index in [1.807, 2.05) is 6.92 Å². The Labute approximate surface area is 184 Å². The highest BCUT2D eigenvalue weighted by Crippen LogP contribution is 2.41. The molecule has 1 aliphatic rings. The third kappa shape index (κ3) is 4.39. The molecule has 12 heteroatoms. The first-order valence-corrected chi connectivity index (χ1v) is 11.3. The number of amides is 1. The molecular formula is C20H25F3N4O4S. The second-order valence-corrected chi connectivity index (χ2v) is 9.86. The molecule has 1 N–H and O–H groups in total. The van der Waals surface area contributed by atoms with Gasteiger partial charge >= 0.3 is 6.18 Å². The fourth-order valence-corrected chi connectivity index (χ4v) is 5.43. The molecule has 1 aromatic heterocycles. The zero-order valence-electron chi connectivity index (χ0n) is 17.9. The van der Waals surface area contributed by atoms with Gasteiger partial charge in [-0.2, -0.15) is 17.5 Å². The molecule has 0 bridgehead atoms. The van der Waals surface area contributed by atoms with E-state index in [9.17, 15) is 31.5 Å². The molecule has 1 saturated heterocycles. The standard InChI is InChI=1S/C20H25F3N4O4S/c1-14-4-5-16(15(2)12-14)32(30,31)27-10-8-26(9-11-27)17(28)13-19(29,20(21,22)23)18-24-6-7-25(18)3/h4-7,12,29H,8-11,13H2,1-3H3. The molecule has 1 fully saturated rings. The Kier molecular flexibility index (Phi) is 6.42. The SMILES string of the molecule is Cc1ccc(S(=O)(=O)N2CCN(C(=O)CC(O)(c3nccn3C)C(F)(F)F)CC2)c(C)c1. The molecule has 2 aromatic rings. The van der Waals surface area contributed by atoms with Gasteiger partial charge in [-0.05, 0) is 25.5 Å². The Balaban J connectivity index is 1.73. The van der Waals surface area contributed by atoms with Crippen LogP contribution in [0, 0.1) is 13.8 Å². The van der Waals surface area contributed by atoms with Crippen molar-refractivity contribution in [3.05, 3.63) is 47.5 Å². The number of aliphatic hydroxyl groups is 1. The first-order valence-electron chi connectivity index (χ1n) is 9.89. The molecule has 1 amide bonds. The van der Waals surface area contributed by atoms with Crippen LogP contribution in [-0.4, -0.2) is 70.5 Å². The minimum Gasteiger partial charge on any atom is -0.374 e. The van der Waals surface area contributed by atoms with E-state index in [-0.39, 0.29) is 31.1 Å². The van der Waals surface area contributed by atoms with Crippen LogP contribution in [0.15, 0.2) is 35.5 Å². The van der Waals surface area contributed by atoms with E-state index >= 15 is 0 Å². The molecule has 1 aromatic carbocycles. The molecule has 1 aliphatic heterocycles. The highest BCUT2D eigenvalue weighted by molar-refractivity contribution is 7.89. The third-order valence-electron chi connectivity index (χ3n) is 5.61. The van der Waals surface area contributed by atoms with Gasteiger partial charge in [-0.1, -0.05) is 17.7 Å². The molecule has 0 aliphatic carbocycles. The summed E-state index contributed by atoms with van der Waals surface area (Å²) in [6, 6.07) is 4.96. The summed E-state index contributed by atoms with van der Waals surface area (Å²) in [6.45, 7) is 3.24. The number of halogens is 3. The summed E-state index contributed by atoms with van der Waals surface area (Å²) in [5, 5.41) is 10.4. The van der Waals surface area contributed by atoms with Crippen LogP contribution < -0.4 is 0 Å². The lowest BCUT2D eigenvalue weighted by Gasteiger charge is -2.36. The van der Waals surface area contributed by atoms with Crippen LogP contribution in [0.25, 0.3) is 0 Å². The quantitative estimate of drug-likeness (QED) is 0.712. The molecule has 0 saturated carbocycles. The Morgan fingerprint density at radius 3 is 2.28 bits per heavy atom. The molecule has 32 heavy (non-hydrogen) atoms. The van der Waals surface area contributed by atoms with Gasteiger partial charge in [-0.3, -0.25) is 4.79 Å². The van der Waals surface area contributed by atoms with Gasteiger partial charge in [-0.15, -0.1) is 0 Å². The maximum absolute atomic E-state index is 13.7. The summed E-state index contributed by atoms with van der Waals surface area (Å²) in [6.07, 6.45) is -4.03. The first kappa shape index (κ1) is 24.2. The van der Waals surface area contributed by atoms with Gasteiger partial charge in [0.15, 0.2) is 5.82 Å². The van der Waals surface area contributed by atoms with Crippen LogP contribution in [0.3, 0.4) is 0 Å². The number of carbonyl (C=O) groups is 1. The lowest BCUT2D eigenvalue weighted by atomic mass is 9.96. The zero-order valence-corrected chi connectivity index (χ0v) is 18.7.